The van der Waals surface area contributed by atoms with Crippen LogP contribution in [-0.4, -0.2) is 103 Å². The third-order valence-corrected chi connectivity index (χ3v) is 8.74. The van der Waals surface area contributed by atoms with E-state index >= 15 is 0 Å². The minimum atomic E-state index is -3.82. The lowest BCUT2D eigenvalue weighted by molar-refractivity contribution is -0.140. The van der Waals surface area contributed by atoms with E-state index in [9.17, 15) is 26.4 Å². The quantitative estimate of drug-likeness (QED) is 0.0592. The van der Waals surface area contributed by atoms with E-state index in [1.54, 1.807) is 13.8 Å². The second-order valence-corrected chi connectivity index (χ2v) is 14.6. The van der Waals surface area contributed by atoms with Gasteiger partial charge in [-0.15, -0.1) is 0 Å². The number of carbonyl (C=O) groups is 2. The SMILES string of the molecule is CCOC(=O)C1=C[C@H](OC(CC)CC)[C@H](N=[N+]=[N-])[C@@H](OS(C)(=O)=O)C1.CCOC(=O)C1=C[C@H](OC(CC)CC)[C@H](OS(C)(=O)=O)[C@@H](N=[N+]=[N-])C1. The molecule has 0 saturated heterocycles. The van der Waals surface area contributed by atoms with Gasteiger partial charge in [0.15, 0.2) is 0 Å². The van der Waals surface area contributed by atoms with Gasteiger partial charge in [-0.05, 0) is 69.2 Å². The Labute approximate surface area is 294 Å². The van der Waals surface area contributed by atoms with Crippen LogP contribution in [0.1, 0.15) is 80.1 Å². The first kappa shape index (κ1) is 44.8. The van der Waals surface area contributed by atoms with Crippen LogP contribution in [-0.2, 0) is 57.1 Å². The summed E-state index contributed by atoms with van der Waals surface area (Å²) in [5.74, 6) is -1.11. The van der Waals surface area contributed by atoms with Gasteiger partial charge in [0.2, 0.25) is 0 Å². The third kappa shape index (κ3) is 15.3. The summed E-state index contributed by atoms with van der Waals surface area (Å²) >= 11 is 0. The average Bonchev–Trinajstić information content (AvgIpc) is 3.04. The highest BCUT2D eigenvalue weighted by Gasteiger charge is 2.41. The van der Waals surface area contributed by atoms with E-state index in [0.717, 1.165) is 25.4 Å². The molecule has 0 unspecified atom stereocenters. The predicted molar refractivity (Wildman–Crippen MR) is 182 cm³/mol. The molecule has 0 saturated carbocycles. The van der Waals surface area contributed by atoms with Crippen molar-refractivity contribution in [1.82, 2.24) is 0 Å². The Morgan fingerprint density at radius 3 is 1.60 bits per heavy atom. The summed E-state index contributed by atoms with van der Waals surface area (Å²) < 4.78 is 78.4. The molecule has 0 spiro atoms. The summed E-state index contributed by atoms with van der Waals surface area (Å²) in [4.78, 5) is 29.7. The third-order valence-electron chi connectivity index (χ3n) is 7.57. The van der Waals surface area contributed by atoms with Crippen molar-refractivity contribution in [3.05, 3.63) is 44.2 Å². The van der Waals surface area contributed by atoms with Crippen molar-refractivity contribution in [3.8, 4) is 0 Å². The lowest BCUT2D eigenvalue weighted by atomic mass is 9.90. The van der Waals surface area contributed by atoms with Gasteiger partial charge < -0.3 is 18.9 Å². The van der Waals surface area contributed by atoms with E-state index < -0.39 is 68.7 Å². The topological polar surface area (TPSA) is 255 Å². The maximum absolute atomic E-state index is 12.1. The van der Waals surface area contributed by atoms with E-state index in [1.165, 1.54) is 12.2 Å². The molecule has 0 heterocycles. The Kier molecular flexibility index (Phi) is 19.6. The number of esters is 2. The summed E-state index contributed by atoms with van der Waals surface area (Å²) in [5.41, 5.74) is 18.2. The van der Waals surface area contributed by atoms with Gasteiger partial charge in [-0.3, -0.25) is 8.37 Å². The smallest absolute Gasteiger partial charge is 0.333 e. The van der Waals surface area contributed by atoms with Gasteiger partial charge >= 0.3 is 11.9 Å². The molecule has 0 bridgehead atoms. The normalized spacial score (nSPS) is 23.7. The molecule has 0 radical (unpaired) electrons. The van der Waals surface area contributed by atoms with Crippen LogP contribution < -0.4 is 0 Å². The van der Waals surface area contributed by atoms with E-state index in [4.69, 9.17) is 38.4 Å². The molecule has 2 rings (SSSR count). The van der Waals surface area contributed by atoms with Crippen molar-refractivity contribution in [1.29, 1.82) is 0 Å². The minimum Gasteiger partial charge on any atom is -0.463 e. The molecule has 0 aromatic rings. The Morgan fingerprint density at radius 2 is 1.18 bits per heavy atom. The van der Waals surface area contributed by atoms with Crippen molar-refractivity contribution in [3.63, 3.8) is 0 Å². The van der Waals surface area contributed by atoms with E-state index in [0.29, 0.717) is 12.8 Å². The summed E-state index contributed by atoms with van der Waals surface area (Å²) in [6, 6.07) is -1.80. The van der Waals surface area contributed by atoms with Gasteiger partial charge in [-0.2, -0.15) is 16.8 Å². The van der Waals surface area contributed by atoms with Crippen LogP contribution in [0.4, 0.5) is 0 Å². The fourth-order valence-corrected chi connectivity index (χ4v) is 6.51. The zero-order valence-corrected chi connectivity index (χ0v) is 31.5. The molecule has 0 aliphatic heterocycles. The molecule has 0 N–H and O–H groups in total. The maximum Gasteiger partial charge on any atom is 0.333 e. The molecule has 0 aromatic heterocycles. The first-order valence-corrected chi connectivity index (χ1v) is 20.1. The van der Waals surface area contributed by atoms with E-state index in [2.05, 4.69) is 20.1 Å². The number of carbonyl (C=O) groups excluding carboxylic acids is 2. The van der Waals surface area contributed by atoms with Gasteiger partial charge in [0.1, 0.15) is 12.2 Å². The lowest BCUT2D eigenvalue weighted by Crippen LogP contribution is -2.45. The number of rotatable bonds is 18. The number of ether oxygens (including phenoxy) is 4. The number of nitrogens with zero attached hydrogens (tertiary/aromatic N) is 6. The van der Waals surface area contributed by atoms with Crippen LogP contribution in [0.25, 0.3) is 20.9 Å². The molecule has 2 aliphatic carbocycles. The van der Waals surface area contributed by atoms with Crippen LogP contribution in [0.3, 0.4) is 0 Å². The van der Waals surface area contributed by atoms with Crippen LogP contribution in [0.5, 0.6) is 0 Å². The maximum atomic E-state index is 12.1. The van der Waals surface area contributed by atoms with Gasteiger partial charge in [-0.1, -0.05) is 37.9 Å². The van der Waals surface area contributed by atoms with Gasteiger partial charge in [0.25, 0.3) is 20.2 Å². The molecule has 6 atom stereocenters. The predicted octanol–water partition coefficient (Wildman–Crippen LogP) is 4.95. The molecule has 0 amide bonds. The standard InChI is InChI=1S/2C15H25N3O6S/c1-5-11(6-2)23-12-8-10(15(19)22-7-3)9-13(14(12)17-18-16)24-25(4,20)21;1-5-11(6-2)23-13-9-10(15(19)22-7-3)8-12(17-18-16)14(13)24-25(4,20)21/h8,11-14H,5-7,9H2,1-4H3;9,11-14H,5-8H2,1-4H3/t12-,13-,14-;12-,13-,14+/m00/s1. The van der Waals surface area contributed by atoms with Crippen molar-refractivity contribution in [2.75, 3.05) is 25.7 Å². The zero-order chi connectivity index (χ0) is 38.1. The molecule has 18 nitrogen and oxygen atoms in total. The van der Waals surface area contributed by atoms with Crippen LogP contribution >= 0.6 is 0 Å². The Morgan fingerprint density at radius 1 is 0.740 bits per heavy atom. The zero-order valence-electron chi connectivity index (χ0n) is 29.8. The average molecular weight is 751 g/mol. The fraction of sp³-hybridized carbons (Fsp3) is 0.800. The van der Waals surface area contributed by atoms with Crippen molar-refractivity contribution < 1.29 is 53.7 Å². The summed E-state index contributed by atoms with van der Waals surface area (Å²) in [7, 11) is -7.63. The lowest BCUT2D eigenvalue weighted by Gasteiger charge is -2.35. The Bertz CT molecular complexity index is 1500. The number of hydrogen-bond donors (Lipinski definition) is 0. The van der Waals surface area contributed by atoms with Crippen molar-refractivity contribution in [2.24, 2.45) is 10.2 Å². The molecular weight excluding hydrogens is 700 g/mol. The largest absolute Gasteiger partial charge is 0.463 e. The Hall–Kier alpha value is -3.22. The highest BCUT2D eigenvalue weighted by Crippen LogP contribution is 2.31. The highest BCUT2D eigenvalue weighted by atomic mass is 32.2. The van der Waals surface area contributed by atoms with Crippen molar-refractivity contribution >= 4 is 32.2 Å². The van der Waals surface area contributed by atoms with Gasteiger partial charge in [0.05, 0.1) is 62.2 Å². The summed E-state index contributed by atoms with van der Waals surface area (Å²) in [6.07, 6.45) is 3.71. The first-order chi connectivity index (χ1) is 23.5. The van der Waals surface area contributed by atoms with Crippen LogP contribution in [0.2, 0.25) is 0 Å². The monoisotopic (exact) mass is 750 g/mol. The van der Waals surface area contributed by atoms with E-state index in [-0.39, 0.29) is 49.4 Å². The molecule has 0 aromatic carbocycles. The molecule has 0 fully saturated rings. The van der Waals surface area contributed by atoms with Crippen LogP contribution in [0, 0.1) is 0 Å². The molecule has 50 heavy (non-hydrogen) atoms. The molecular formula is C30H50N6O12S2. The van der Waals surface area contributed by atoms with Gasteiger partial charge in [-0.25, -0.2) is 9.59 Å². The van der Waals surface area contributed by atoms with Gasteiger partial charge in [0, 0.05) is 27.4 Å². The number of hydrogen-bond acceptors (Lipinski definition) is 14. The first-order valence-electron chi connectivity index (χ1n) is 16.4. The molecule has 2 aliphatic rings. The van der Waals surface area contributed by atoms with Crippen molar-refractivity contribution in [2.45, 2.75) is 129 Å². The second-order valence-electron chi connectivity index (χ2n) is 11.4. The summed E-state index contributed by atoms with van der Waals surface area (Å²) in [6.45, 7) is 11.5. The fourth-order valence-electron chi connectivity index (χ4n) is 5.24. The highest BCUT2D eigenvalue weighted by molar-refractivity contribution is 7.86. The minimum absolute atomic E-state index is 0.0197. The second kappa shape index (κ2) is 21.9. The summed E-state index contributed by atoms with van der Waals surface area (Å²) in [5, 5.41) is 7.28. The van der Waals surface area contributed by atoms with Crippen LogP contribution in [0.15, 0.2) is 33.5 Å². The Balaban J connectivity index is 0.000000500. The number of azide groups is 2. The molecule has 20 heteroatoms. The van der Waals surface area contributed by atoms with E-state index in [1.807, 2.05) is 27.7 Å². The molecule has 284 valence electrons.